The highest BCUT2D eigenvalue weighted by atomic mass is 19.1. The number of ether oxygens (including phenoxy) is 1. The van der Waals surface area contributed by atoms with Crippen LogP contribution in [0.4, 0.5) is 4.39 Å². The van der Waals surface area contributed by atoms with E-state index >= 15 is 0 Å². The second kappa shape index (κ2) is 6.97. The molecule has 0 aliphatic heterocycles. The Bertz CT molecular complexity index is 1070. The van der Waals surface area contributed by atoms with Crippen LogP contribution in [-0.4, -0.2) is 10.9 Å². The first-order chi connectivity index (χ1) is 14.1. The van der Waals surface area contributed by atoms with Crippen LogP contribution in [0.25, 0.3) is 5.57 Å². The van der Waals surface area contributed by atoms with Crippen molar-refractivity contribution >= 4 is 11.4 Å². The topological polar surface area (TPSA) is 46.5 Å². The molecule has 0 aromatic heterocycles. The average molecular weight is 409 g/mol. The number of hydrogen-bond donors (Lipinski definition) is 1. The Kier molecular flexibility index (Phi) is 4.80. The van der Waals surface area contributed by atoms with Crippen LogP contribution in [-0.2, 0) is 11.2 Å². The molecule has 2 bridgehead atoms. The van der Waals surface area contributed by atoms with Crippen LogP contribution in [0, 0.1) is 29.5 Å². The molecule has 2 atom stereocenters. The van der Waals surface area contributed by atoms with E-state index in [1.54, 1.807) is 24.3 Å². The van der Waals surface area contributed by atoms with Gasteiger partial charge in [-0.25, -0.2) is 4.39 Å². The highest BCUT2D eigenvalue weighted by Gasteiger charge is 2.61. The van der Waals surface area contributed by atoms with E-state index in [9.17, 15) is 14.3 Å². The van der Waals surface area contributed by atoms with Crippen molar-refractivity contribution in [1.29, 1.82) is 0 Å². The van der Waals surface area contributed by atoms with Crippen LogP contribution >= 0.6 is 0 Å². The molecule has 0 radical (unpaired) electrons. The first-order valence-electron chi connectivity index (χ1n) is 10.7. The number of aliphatic hydroxyl groups is 1. The minimum atomic E-state index is -0.510. The zero-order chi connectivity index (χ0) is 21.8. The lowest BCUT2D eigenvalue weighted by Gasteiger charge is -2.45. The zero-order valence-electron chi connectivity index (χ0n) is 18.3. The molecule has 2 aromatic carbocycles. The third-order valence-corrected chi connectivity index (χ3v) is 7.59. The molecular weight excluding hydrogens is 379 g/mol. The number of fused-ring (bicyclic) bond motifs is 2. The number of carbonyl (C=O) groups excluding carboxylic acids is 1. The van der Waals surface area contributed by atoms with E-state index in [2.05, 4.69) is 13.8 Å². The molecule has 0 spiro atoms. The number of allylic oxidation sites excluding steroid dienone is 2. The molecule has 30 heavy (non-hydrogen) atoms. The Balaban J connectivity index is 1.82. The Hall–Kier alpha value is -2.62. The molecule has 3 nitrogen and oxygen atoms in total. The fourth-order valence-corrected chi connectivity index (χ4v) is 5.19. The third kappa shape index (κ3) is 2.88. The van der Waals surface area contributed by atoms with Gasteiger partial charge in [0.2, 0.25) is 0 Å². The molecule has 4 rings (SSSR count). The summed E-state index contributed by atoms with van der Waals surface area (Å²) in [5.74, 6) is 0.288. The van der Waals surface area contributed by atoms with Crippen LogP contribution in [0.15, 0.2) is 42.2 Å². The van der Waals surface area contributed by atoms with Gasteiger partial charge in [-0.05, 0) is 72.6 Å². The largest absolute Gasteiger partial charge is 0.511 e. The number of Topliss-reactive ketones (excluding diaryl/α,β-unsaturated/α-hetero) is 1. The van der Waals surface area contributed by atoms with Crippen LogP contribution in [0.1, 0.15) is 57.2 Å². The summed E-state index contributed by atoms with van der Waals surface area (Å²) in [6.45, 7) is 10.0. The van der Waals surface area contributed by atoms with Gasteiger partial charge in [0.05, 0.1) is 5.57 Å². The number of ketones is 1. The lowest BCUT2D eigenvalue weighted by atomic mass is 9.58. The van der Waals surface area contributed by atoms with Crippen molar-refractivity contribution in [2.24, 2.45) is 16.7 Å². The van der Waals surface area contributed by atoms with Crippen LogP contribution in [0.5, 0.6) is 11.5 Å². The maximum Gasteiger partial charge on any atom is 0.173 e. The second-order valence-electron chi connectivity index (χ2n) is 9.44. The molecule has 2 aromatic rings. The summed E-state index contributed by atoms with van der Waals surface area (Å²) in [6.07, 6.45) is 2.28. The van der Waals surface area contributed by atoms with Gasteiger partial charge in [0, 0.05) is 11.3 Å². The lowest BCUT2D eigenvalue weighted by molar-refractivity contribution is -0.128. The highest BCUT2D eigenvalue weighted by molar-refractivity contribution is 6.25. The Morgan fingerprint density at radius 2 is 1.90 bits per heavy atom. The minimum absolute atomic E-state index is 0.00730. The molecule has 1 fully saturated rings. The van der Waals surface area contributed by atoms with Gasteiger partial charge in [-0.15, -0.1) is 0 Å². The van der Waals surface area contributed by atoms with Gasteiger partial charge in [0.15, 0.2) is 17.3 Å². The molecule has 2 aliphatic rings. The molecule has 1 saturated carbocycles. The molecule has 158 valence electrons. The van der Waals surface area contributed by atoms with E-state index in [1.165, 1.54) is 6.07 Å². The first kappa shape index (κ1) is 20.6. The SMILES string of the molecule is CCc1ccc(Oc2ccc(C)cc2F)cc1C1=C(O)[C@@H]2CC[C@](C)(C1=O)C2(C)C. The maximum absolute atomic E-state index is 14.3. The Morgan fingerprint density at radius 3 is 2.57 bits per heavy atom. The van der Waals surface area contributed by atoms with Gasteiger partial charge in [-0.2, -0.15) is 0 Å². The predicted octanol–water partition coefficient (Wildman–Crippen LogP) is 6.78. The maximum atomic E-state index is 14.3. The van der Waals surface area contributed by atoms with Gasteiger partial charge < -0.3 is 9.84 Å². The van der Waals surface area contributed by atoms with E-state index in [1.807, 2.05) is 26.8 Å². The van der Waals surface area contributed by atoms with Crippen molar-refractivity contribution in [2.75, 3.05) is 0 Å². The second-order valence-corrected chi connectivity index (χ2v) is 9.44. The number of benzene rings is 2. The minimum Gasteiger partial charge on any atom is -0.511 e. The highest BCUT2D eigenvalue weighted by Crippen LogP contribution is 2.63. The third-order valence-electron chi connectivity index (χ3n) is 7.59. The Morgan fingerprint density at radius 1 is 1.17 bits per heavy atom. The molecule has 0 amide bonds. The molecule has 2 aliphatic carbocycles. The van der Waals surface area contributed by atoms with E-state index in [-0.39, 0.29) is 28.6 Å². The van der Waals surface area contributed by atoms with E-state index in [4.69, 9.17) is 4.74 Å². The summed E-state index contributed by atoms with van der Waals surface area (Å²) < 4.78 is 20.1. The van der Waals surface area contributed by atoms with Gasteiger partial charge in [0.25, 0.3) is 0 Å². The fourth-order valence-electron chi connectivity index (χ4n) is 5.19. The van der Waals surface area contributed by atoms with Crippen molar-refractivity contribution in [3.63, 3.8) is 0 Å². The lowest BCUT2D eigenvalue weighted by Crippen LogP contribution is -2.45. The van der Waals surface area contributed by atoms with Crippen molar-refractivity contribution in [3.8, 4) is 11.5 Å². The summed E-state index contributed by atoms with van der Waals surface area (Å²) in [7, 11) is 0. The smallest absolute Gasteiger partial charge is 0.173 e. The van der Waals surface area contributed by atoms with Crippen molar-refractivity contribution in [1.82, 2.24) is 0 Å². The van der Waals surface area contributed by atoms with Crippen LogP contribution < -0.4 is 4.74 Å². The summed E-state index contributed by atoms with van der Waals surface area (Å²) in [5.41, 5.74) is 2.08. The number of aryl methyl sites for hydroxylation is 2. The quantitative estimate of drug-likeness (QED) is 0.606. The summed E-state index contributed by atoms with van der Waals surface area (Å²) in [5, 5.41) is 11.2. The van der Waals surface area contributed by atoms with E-state index in [0.29, 0.717) is 23.3 Å². The van der Waals surface area contributed by atoms with Gasteiger partial charge in [-0.3, -0.25) is 4.79 Å². The van der Waals surface area contributed by atoms with Crippen molar-refractivity contribution in [3.05, 3.63) is 64.7 Å². The molecule has 0 saturated heterocycles. The Labute approximate surface area is 177 Å². The van der Waals surface area contributed by atoms with Crippen LogP contribution in [0.2, 0.25) is 0 Å². The van der Waals surface area contributed by atoms with Gasteiger partial charge >= 0.3 is 0 Å². The number of hydrogen-bond acceptors (Lipinski definition) is 3. The van der Waals surface area contributed by atoms with Gasteiger partial charge in [0.1, 0.15) is 11.5 Å². The summed E-state index contributed by atoms with van der Waals surface area (Å²) in [6, 6.07) is 10.3. The number of rotatable bonds is 4. The molecule has 0 unspecified atom stereocenters. The summed E-state index contributed by atoms with van der Waals surface area (Å²) in [4.78, 5) is 13.6. The number of halogens is 1. The van der Waals surface area contributed by atoms with Crippen LogP contribution in [0.3, 0.4) is 0 Å². The fraction of sp³-hybridized carbons (Fsp3) is 0.423. The first-order valence-corrected chi connectivity index (χ1v) is 10.7. The van der Waals surface area contributed by atoms with E-state index < -0.39 is 11.2 Å². The monoisotopic (exact) mass is 408 g/mol. The molecule has 4 heteroatoms. The molecule has 0 heterocycles. The zero-order valence-corrected chi connectivity index (χ0v) is 18.3. The van der Waals surface area contributed by atoms with E-state index in [0.717, 1.165) is 24.0 Å². The van der Waals surface area contributed by atoms with Crippen molar-refractivity contribution in [2.45, 2.75) is 53.9 Å². The number of carbonyl (C=O) groups is 1. The predicted molar refractivity (Wildman–Crippen MR) is 116 cm³/mol. The van der Waals surface area contributed by atoms with Crippen molar-refractivity contribution < 1.29 is 19.0 Å². The molecular formula is C26H29FO3. The summed E-state index contributed by atoms with van der Waals surface area (Å²) >= 11 is 0. The normalized spacial score (nSPS) is 25.0. The standard InChI is InChI=1S/C26H29FO3/c1-6-16-8-9-17(30-21-10-7-15(2)13-20(21)27)14-18(16)22-23(28)19-11-12-26(5,24(22)29)25(19,3)4/h7-10,13-14,19,28H,6,11-12H2,1-5H3/t19-,26+/m0/s1. The van der Waals surface area contributed by atoms with Gasteiger partial charge in [-0.1, -0.05) is 39.8 Å². The molecule has 1 N–H and O–H groups in total. The average Bonchev–Trinajstić information content (AvgIpc) is 2.87. The number of aliphatic hydroxyl groups excluding tert-OH is 1.